The SMILES string of the molecule is CC(C)Oc1cccc(CC(=O)NCCN)c1.Cl. The zero-order valence-electron chi connectivity index (χ0n) is 10.8. The van der Waals surface area contributed by atoms with Crippen molar-refractivity contribution in [3.63, 3.8) is 0 Å². The van der Waals surface area contributed by atoms with Gasteiger partial charge in [0.25, 0.3) is 0 Å². The molecule has 0 heterocycles. The molecule has 5 heteroatoms. The van der Waals surface area contributed by atoms with Crippen LogP contribution in [0.3, 0.4) is 0 Å². The van der Waals surface area contributed by atoms with Crippen LogP contribution in [-0.4, -0.2) is 25.1 Å². The van der Waals surface area contributed by atoms with E-state index < -0.39 is 0 Å². The summed E-state index contributed by atoms with van der Waals surface area (Å²) in [6.45, 7) is 4.92. The van der Waals surface area contributed by atoms with E-state index in [1.165, 1.54) is 0 Å². The number of rotatable bonds is 6. The molecule has 0 atom stereocenters. The molecule has 0 saturated heterocycles. The molecule has 1 rings (SSSR count). The highest BCUT2D eigenvalue weighted by Crippen LogP contribution is 2.15. The summed E-state index contributed by atoms with van der Waals surface area (Å²) < 4.78 is 5.57. The van der Waals surface area contributed by atoms with E-state index in [0.717, 1.165) is 11.3 Å². The van der Waals surface area contributed by atoms with E-state index in [9.17, 15) is 4.79 Å². The minimum absolute atomic E-state index is 0. The Morgan fingerprint density at radius 2 is 2.17 bits per heavy atom. The minimum atomic E-state index is -0.0165. The van der Waals surface area contributed by atoms with Crippen LogP contribution in [0.1, 0.15) is 19.4 Å². The van der Waals surface area contributed by atoms with Crippen molar-refractivity contribution in [2.75, 3.05) is 13.1 Å². The van der Waals surface area contributed by atoms with E-state index in [4.69, 9.17) is 10.5 Å². The number of carbonyl (C=O) groups is 1. The number of carbonyl (C=O) groups excluding carboxylic acids is 1. The first-order valence-electron chi connectivity index (χ1n) is 5.84. The van der Waals surface area contributed by atoms with E-state index >= 15 is 0 Å². The Bertz CT molecular complexity index is 370. The third-order valence-corrected chi connectivity index (χ3v) is 2.10. The van der Waals surface area contributed by atoms with Crippen molar-refractivity contribution < 1.29 is 9.53 Å². The quantitative estimate of drug-likeness (QED) is 0.825. The molecule has 4 nitrogen and oxygen atoms in total. The number of nitrogens with two attached hydrogens (primary N) is 1. The van der Waals surface area contributed by atoms with Gasteiger partial charge < -0.3 is 15.8 Å². The molecular formula is C13H21ClN2O2. The van der Waals surface area contributed by atoms with E-state index in [2.05, 4.69) is 5.32 Å². The lowest BCUT2D eigenvalue weighted by atomic mass is 10.1. The van der Waals surface area contributed by atoms with Crippen molar-refractivity contribution in [3.8, 4) is 5.75 Å². The van der Waals surface area contributed by atoms with Crippen LogP contribution < -0.4 is 15.8 Å². The Morgan fingerprint density at radius 3 is 2.78 bits per heavy atom. The van der Waals surface area contributed by atoms with Crippen molar-refractivity contribution in [3.05, 3.63) is 29.8 Å². The van der Waals surface area contributed by atoms with Crippen LogP contribution in [0.2, 0.25) is 0 Å². The molecular weight excluding hydrogens is 252 g/mol. The van der Waals surface area contributed by atoms with Gasteiger partial charge in [-0.2, -0.15) is 0 Å². The van der Waals surface area contributed by atoms with Gasteiger partial charge in [0.1, 0.15) is 5.75 Å². The molecule has 0 aliphatic heterocycles. The van der Waals surface area contributed by atoms with Crippen molar-refractivity contribution in [2.45, 2.75) is 26.4 Å². The number of amides is 1. The van der Waals surface area contributed by atoms with Gasteiger partial charge in [0.2, 0.25) is 5.91 Å². The first kappa shape index (κ1) is 16.7. The lowest BCUT2D eigenvalue weighted by Crippen LogP contribution is -2.30. The highest BCUT2D eigenvalue weighted by atomic mass is 35.5. The van der Waals surface area contributed by atoms with Crippen LogP contribution in [0.25, 0.3) is 0 Å². The van der Waals surface area contributed by atoms with Gasteiger partial charge in [-0.25, -0.2) is 0 Å². The predicted molar refractivity (Wildman–Crippen MR) is 75.2 cm³/mol. The first-order chi connectivity index (χ1) is 8.11. The number of hydrogen-bond acceptors (Lipinski definition) is 3. The second-order valence-electron chi connectivity index (χ2n) is 4.13. The summed E-state index contributed by atoms with van der Waals surface area (Å²) in [6.07, 6.45) is 0.492. The summed E-state index contributed by atoms with van der Waals surface area (Å²) in [7, 11) is 0. The maximum Gasteiger partial charge on any atom is 0.224 e. The standard InChI is InChI=1S/C13H20N2O2.ClH/c1-10(2)17-12-5-3-4-11(8-12)9-13(16)15-7-6-14;/h3-5,8,10H,6-7,9,14H2,1-2H3,(H,15,16);1H. The van der Waals surface area contributed by atoms with Crippen LogP contribution in [0.5, 0.6) is 5.75 Å². The molecule has 0 aliphatic carbocycles. The Labute approximate surface area is 114 Å². The number of hydrogen-bond donors (Lipinski definition) is 2. The van der Waals surface area contributed by atoms with Crippen LogP contribution >= 0.6 is 12.4 Å². The van der Waals surface area contributed by atoms with Gasteiger partial charge in [0.15, 0.2) is 0 Å². The molecule has 1 aromatic rings. The highest BCUT2D eigenvalue weighted by molar-refractivity contribution is 5.85. The number of benzene rings is 1. The summed E-state index contributed by atoms with van der Waals surface area (Å²) in [4.78, 5) is 11.5. The third-order valence-electron chi connectivity index (χ3n) is 2.10. The fourth-order valence-electron chi connectivity index (χ4n) is 1.46. The monoisotopic (exact) mass is 272 g/mol. The number of nitrogens with one attached hydrogen (secondary N) is 1. The predicted octanol–water partition coefficient (Wildman–Crippen LogP) is 1.51. The summed E-state index contributed by atoms with van der Waals surface area (Å²) >= 11 is 0. The Balaban J connectivity index is 0.00000289. The molecule has 18 heavy (non-hydrogen) atoms. The van der Waals surface area contributed by atoms with E-state index in [1.54, 1.807) is 0 Å². The Morgan fingerprint density at radius 1 is 1.44 bits per heavy atom. The molecule has 0 saturated carbocycles. The zero-order chi connectivity index (χ0) is 12.7. The zero-order valence-corrected chi connectivity index (χ0v) is 11.6. The molecule has 1 aromatic carbocycles. The smallest absolute Gasteiger partial charge is 0.224 e. The van der Waals surface area contributed by atoms with Crippen molar-refractivity contribution in [1.29, 1.82) is 0 Å². The van der Waals surface area contributed by atoms with Gasteiger partial charge in [0.05, 0.1) is 12.5 Å². The van der Waals surface area contributed by atoms with Crippen molar-refractivity contribution >= 4 is 18.3 Å². The molecule has 102 valence electrons. The molecule has 0 bridgehead atoms. The van der Waals surface area contributed by atoms with E-state index in [-0.39, 0.29) is 24.4 Å². The fraction of sp³-hybridized carbons (Fsp3) is 0.462. The minimum Gasteiger partial charge on any atom is -0.491 e. The summed E-state index contributed by atoms with van der Waals surface area (Å²) in [5.41, 5.74) is 6.26. The largest absolute Gasteiger partial charge is 0.491 e. The lowest BCUT2D eigenvalue weighted by molar-refractivity contribution is -0.120. The lowest BCUT2D eigenvalue weighted by Gasteiger charge is -2.10. The number of halogens is 1. The molecule has 0 fully saturated rings. The summed E-state index contributed by atoms with van der Waals surface area (Å²) in [5.74, 6) is 0.779. The summed E-state index contributed by atoms with van der Waals surface area (Å²) in [5, 5.41) is 2.74. The molecule has 0 unspecified atom stereocenters. The Kier molecular flexibility index (Phi) is 8.16. The third kappa shape index (κ3) is 6.47. The summed E-state index contributed by atoms with van der Waals surface area (Å²) in [6, 6.07) is 7.59. The first-order valence-corrected chi connectivity index (χ1v) is 5.84. The van der Waals surface area contributed by atoms with Gasteiger partial charge >= 0.3 is 0 Å². The van der Waals surface area contributed by atoms with Crippen LogP contribution in [0.15, 0.2) is 24.3 Å². The van der Waals surface area contributed by atoms with Gasteiger partial charge in [-0.05, 0) is 31.5 Å². The topological polar surface area (TPSA) is 64.3 Å². The number of ether oxygens (including phenoxy) is 1. The van der Waals surface area contributed by atoms with Gasteiger partial charge in [-0.3, -0.25) is 4.79 Å². The van der Waals surface area contributed by atoms with Crippen LogP contribution in [0, 0.1) is 0 Å². The van der Waals surface area contributed by atoms with Gasteiger partial charge in [-0.15, -0.1) is 12.4 Å². The fourth-order valence-corrected chi connectivity index (χ4v) is 1.46. The Hall–Kier alpha value is -1.26. The van der Waals surface area contributed by atoms with Crippen LogP contribution in [0.4, 0.5) is 0 Å². The van der Waals surface area contributed by atoms with Crippen LogP contribution in [-0.2, 0) is 11.2 Å². The molecule has 0 radical (unpaired) electrons. The highest BCUT2D eigenvalue weighted by Gasteiger charge is 2.04. The average Bonchev–Trinajstić information content (AvgIpc) is 2.26. The van der Waals surface area contributed by atoms with Crippen molar-refractivity contribution in [2.24, 2.45) is 5.73 Å². The van der Waals surface area contributed by atoms with E-state index in [1.807, 2.05) is 38.1 Å². The second-order valence-corrected chi connectivity index (χ2v) is 4.13. The van der Waals surface area contributed by atoms with Gasteiger partial charge in [-0.1, -0.05) is 12.1 Å². The molecule has 0 aromatic heterocycles. The molecule has 1 amide bonds. The second kappa shape index (κ2) is 8.78. The van der Waals surface area contributed by atoms with Crippen molar-refractivity contribution in [1.82, 2.24) is 5.32 Å². The molecule has 0 aliphatic rings. The maximum absolute atomic E-state index is 11.5. The maximum atomic E-state index is 11.5. The van der Waals surface area contributed by atoms with Gasteiger partial charge in [0, 0.05) is 13.1 Å². The normalized spacial score (nSPS) is 9.78. The molecule has 0 spiro atoms. The van der Waals surface area contributed by atoms with E-state index in [0.29, 0.717) is 19.5 Å². The average molecular weight is 273 g/mol. The molecule has 3 N–H and O–H groups in total.